The quantitative estimate of drug-likeness (QED) is 0.305. The van der Waals surface area contributed by atoms with Crippen LogP contribution in [-0.2, 0) is 11.3 Å². The molecule has 0 atom stereocenters. The molecule has 5 nitrogen and oxygen atoms in total. The second-order valence-electron chi connectivity index (χ2n) is 7.58. The molecule has 0 aliphatic rings. The Labute approximate surface area is 195 Å². The number of thioether (sulfide) groups is 1. The number of aromatic nitrogens is 2. The normalized spacial score (nSPS) is 11.0. The van der Waals surface area contributed by atoms with Gasteiger partial charge in [-0.1, -0.05) is 59.8 Å². The van der Waals surface area contributed by atoms with E-state index in [1.165, 1.54) is 11.8 Å². The average molecular weight is 464 g/mol. The first-order chi connectivity index (χ1) is 15.4. The molecule has 0 fully saturated rings. The molecule has 162 valence electrons. The lowest BCUT2D eigenvalue weighted by molar-refractivity contribution is -0.113. The van der Waals surface area contributed by atoms with Crippen LogP contribution >= 0.6 is 23.4 Å². The number of fused-ring (bicyclic) bond motifs is 1. The van der Waals surface area contributed by atoms with Gasteiger partial charge < -0.3 is 5.32 Å². The highest BCUT2D eigenvalue weighted by atomic mass is 35.5. The molecular weight excluding hydrogens is 442 g/mol. The number of halogens is 1. The van der Waals surface area contributed by atoms with E-state index >= 15 is 0 Å². The van der Waals surface area contributed by atoms with Gasteiger partial charge in [-0.3, -0.25) is 14.2 Å². The third-order valence-electron chi connectivity index (χ3n) is 5.08. The molecule has 1 heterocycles. The number of nitrogens with one attached hydrogen (secondary N) is 1. The molecule has 4 rings (SSSR count). The van der Waals surface area contributed by atoms with Gasteiger partial charge in [0.2, 0.25) is 5.91 Å². The van der Waals surface area contributed by atoms with Crippen LogP contribution in [0.2, 0.25) is 5.02 Å². The first-order valence-corrected chi connectivity index (χ1v) is 11.5. The molecule has 7 heteroatoms. The predicted molar refractivity (Wildman–Crippen MR) is 132 cm³/mol. The van der Waals surface area contributed by atoms with E-state index in [2.05, 4.69) is 10.3 Å². The summed E-state index contributed by atoms with van der Waals surface area (Å²) in [5.41, 5.74) is 4.27. The van der Waals surface area contributed by atoms with Crippen LogP contribution in [-0.4, -0.2) is 21.2 Å². The van der Waals surface area contributed by atoms with Crippen LogP contribution in [0.5, 0.6) is 0 Å². The summed E-state index contributed by atoms with van der Waals surface area (Å²) in [6.45, 7) is 4.28. The maximum atomic E-state index is 13.2. The van der Waals surface area contributed by atoms with Crippen LogP contribution < -0.4 is 10.9 Å². The molecule has 1 aromatic heterocycles. The van der Waals surface area contributed by atoms with Crippen LogP contribution in [0.15, 0.2) is 76.7 Å². The van der Waals surface area contributed by atoms with Crippen molar-refractivity contribution >= 4 is 45.9 Å². The molecule has 0 unspecified atom stereocenters. The fourth-order valence-electron chi connectivity index (χ4n) is 3.36. The Hall–Kier alpha value is -3.09. The third-order valence-corrected chi connectivity index (χ3v) is 6.31. The molecule has 0 aliphatic carbocycles. The summed E-state index contributed by atoms with van der Waals surface area (Å²) in [6, 6.07) is 20.5. The maximum absolute atomic E-state index is 13.2. The van der Waals surface area contributed by atoms with E-state index in [0.29, 0.717) is 27.6 Å². The molecule has 0 saturated heterocycles. The van der Waals surface area contributed by atoms with Crippen molar-refractivity contribution in [3.63, 3.8) is 0 Å². The number of carbonyl (C=O) groups is 1. The minimum Gasteiger partial charge on any atom is -0.325 e. The Morgan fingerprint density at radius 2 is 1.81 bits per heavy atom. The standard InChI is InChI=1S/C25H22ClN3O2S/c1-16-7-8-17(2)22(13-16)27-23(30)15-32-25-28-21-6-4-3-5-20(21)24(31)29(25)14-18-9-11-19(26)12-10-18/h3-13H,14-15H2,1-2H3,(H,27,30). The molecule has 32 heavy (non-hydrogen) atoms. The topological polar surface area (TPSA) is 64.0 Å². The van der Waals surface area contributed by atoms with Crippen LogP contribution in [0.4, 0.5) is 5.69 Å². The zero-order valence-corrected chi connectivity index (χ0v) is 19.3. The molecular formula is C25H22ClN3O2S. The number of anilines is 1. The van der Waals surface area contributed by atoms with Gasteiger partial charge in [0.15, 0.2) is 5.16 Å². The lowest BCUT2D eigenvalue weighted by Gasteiger charge is -2.14. The van der Waals surface area contributed by atoms with Gasteiger partial charge >= 0.3 is 0 Å². The highest BCUT2D eigenvalue weighted by Gasteiger charge is 2.14. The Balaban J connectivity index is 1.61. The lowest BCUT2D eigenvalue weighted by Crippen LogP contribution is -2.25. The van der Waals surface area contributed by atoms with E-state index in [1.807, 2.05) is 62.4 Å². The van der Waals surface area contributed by atoms with Gasteiger partial charge in [0.05, 0.1) is 23.2 Å². The predicted octanol–water partition coefficient (Wildman–Crippen LogP) is 5.45. The number of carbonyl (C=O) groups excluding carboxylic acids is 1. The summed E-state index contributed by atoms with van der Waals surface area (Å²) >= 11 is 7.25. The summed E-state index contributed by atoms with van der Waals surface area (Å²) in [5.74, 6) is -0.0113. The van der Waals surface area contributed by atoms with E-state index in [0.717, 1.165) is 22.4 Å². The minimum atomic E-state index is -0.149. The highest BCUT2D eigenvalue weighted by molar-refractivity contribution is 7.99. The second kappa shape index (κ2) is 9.59. The number of amides is 1. The van der Waals surface area contributed by atoms with Crippen LogP contribution in [0.1, 0.15) is 16.7 Å². The van der Waals surface area contributed by atoms with Crippen molar-refractivity contribution in [1.29, 1.82) is 0 Å². The molecule has 0 radical (unpaired) electrons. The fraction of sp³-hybridized carbons (Fsp3) is 0.160. The molecule has 0 spiro atoms. The monoisotopic (exact) mass is 463 g/mol. The summed E-state index contributed by atoms with van der Waals surface area (Å²) in [5, 5.41) is 4.64. The summed E-state index contributed by atoms with van der Waals surface area (Å²) in [4.78, 5) is 30.5. The largest absolute Gasteiger partial charge is 0.325 e. The molecule has 1 amide bonds. The average Bonchev–Trinajstić information content (AvgIpc) is 2.78. The zero-order chi connectivity index (χ0) is 22.7. The fourth-order valence-corrected chi connectivity index (χ4v) is 4.28. The van der Waals surface area contributed by atoms with Crippen molar-refractivity contribution in [1.82, 2.24) is 9.55 Å². The number of hydrogen-bond acceptors (Lipinski definition) is 4. The van der Waals surface area contributed by atoms with Gasteiger partial charge in [-0.15, -0.1) is 0 Å². The number of hydrogen-bond donors (Lipinski definition) is 1. The van der Waals surface area contributed by atoms with Crippen molar-refractivity contribution < 1.29 is 4.79 Å². The molecule has 0 aliphatic heterocycles. The SMILES string of the molecule is Cc1ccc(C)c(NC(=O)CSc2nc3ccccc3c(=O)n2Cc2ccc(Cl)cc2)c1. The minimum absolute atomic E-state index is 0.136. The van der Waals surface area contributed by atoms with Gasteiger partial charge in [-0.05, 0) is 60.9 Å². The lowest BCUT2D eigenvalue weighted by atomic mass is 10.1. The Morgan fingerprint density at radius 3 is 2.59 bits per heavy atom. The van der Waals surface area contributed by atoms with E-state index in [1.54, 1.807) is 22.8 Å². The summed E-state index contributed by atoms with van der Waals surface area (Å²) in [6.07, 6.45) is 0. The van der Waals surface area contributed by atoms with Gasteiger partial charge in [-0.25, -0.2) is 4.98 Å². The van der Waals surface area contributed by atoms with Gasteiger partial charge in [-0.2, -0.15) is 0 Å². The Kier molecular flexibility index (Phi) is 6.63. The molecule has 3 aromatic carbocycles. The Bertz CT molecular complexity index is 1350. The van der Waals surface area contributed by atoms with Crippen molar-refractivity contribution in [2.24, 2.45) is 0 Å². The van der Waals surface area contributed by atoms with E-state index in [4.69, 9.17) is 11.6 Å². The van der Waals surface area contributed by atoms with Crippen molar-refractivity contribution in [3.05, 3.63) is 98.8 Å². The Morgan fingerprint density at radius 1 is 1.06 bits per heavy atom. The van der Waals surface area contributed by atoms with Crippen LogP contribution in [0.25, 0.3) is 10.9 Å². The van der Waals surface area contributed by atoms with E-state index < -0.39 is 0 Å². The van der Waals surface area contributed by atoms with Crippen molar-refractivity contribution in [3.8, 4) is 0 Å². The smallest absolute Gasteiger partial charge is 0.262 e. The third kappa shape index (κ3) is 5.03. The molecule has 1 N–H and O–H groups in total. The number of para-hydroxylation sites is 1. The van der Waals surface area contributed by atoms with Crippen LogP contribution in [0, 0.1) is 13.8 Å². The van der Waals surface area contributed by atoms with Gasteiger partial charge in [0, 0.05) is 10.7 Å². The van der Waals surface area contributed by atoms with Crippen molar-refractivity contribution in [2.45, 2.75) is 25.5 Å². The van der Waals surface area contributed by atoms with E-state index in [9.17, 15) is 9.59 Å². The zero-order valence-electron chi connectivity index (χ0n) is 17.8. The molecule has 4 aromatic rings. The van der Waals surface area contributed by atoms with Gasteiger partial charge in [0.1, 0.15) is 0 Å². The molecule has 0 saturated carbocycles. The van der Waals surface area contributed by atoms with E-state index in [-0.39, 0.29) is 17.2 Å². The second-order valence-corrected chi connectivity index (χ2v) is 8.96. The highest BCUT2D eigenvalue weighted by Crippen LogP contribution is 2.21. The number of nitrogens with zero attached hydrogens (tertiary/aromatic N) is 2. The number of benzene rings is 3. The summed E-state index contributed by atoms with van der Waals surface area (Å²) < 4.78 is 1.61. The first kappa shape index (κ1) is 22.1. The maximum Gasteiger partial charge on any atom is 0.262 e. The number of aryl methyl sites for hydroxylation is 2. The summed E-state index contributed by atoms with van der Waals surface area (Å²) in [7, 11) is 0. The van der Waals surface area contributed by atoms with Crippen molar-refractivity contribution in [2.75, 3.05) is 11.1 Å². The number of rotatable bonds is 6. The van der Waals surface area contributed by atoms with Gasteiger partial charge in [0.25, 0.3) is 5.56 Å². The molecule has 0 bridgehead atoms. The first-order valence-electron chi connectivity index (χ1n) is 10.1. The van der Waals surface area contributed by atoms with Crippen LogP contribution in [0.3, 0.4) is 0 Å².